The topological polar surface area (TPSA) is 17.4 Å². The van der Waals surface area contributed by atoms with E-state index in [0.29, 0.717) is 0 Å². The molecule has 3 aromatic rings. The van der Waals surface area contributed by atoms with Crippen molar-refractivity contribution in [3.8, 4) is 0 Å². The van der Waals surface area contributed by atoms with Crippen molar-refractivity contribution in [1.29, 1.82) is 0 Å². The van der Waals surface area contributed by atoms with Crippen LogP contribution in [0.5, 0.6) is 0 Å². The molecule has 2 heterocycles. The van der Waals surface area contributed by atoms with Gasteiger partial charge < -0.3 is 9.30 Å². The van der Waals surface area contributed by atoms with Gasteiger partial charge in [0.2, 0.25) is 0 Å². The van der Waals surface area contributed by atoms with Crippen molar-refractivity contribution in [2.75, 3.05) is 32.8 Å². The Kier molecular flexibility index (Phi) is 3.37. The van der Waals surface area contributed by atoms with Crippen molar-refractivity contribution in [1.82, 2.24) is 9.47 Å². The minimum atomic E-state index is 0.868. The fourth-order valence-corrected chi connectivity index (χ4v) is 3.31. The number of hydrogen-bond donors (Lipinski definition) is 0. The number of para-hydroxylation sites is 2. The van der Waals surface area contributed by atoms with E-state index in [1.165, 1.54) is 21.8 Å². The van der Waals surface area contributed by atoms with Crippen molar-refractivity contribution in [2.45, 2.75) is 6.54 Å². The summed E-state index contributed by atoms with van der Waals surface area (Å²) in [5.74, 6) is 0. The predicted molar refractivity (Wildman–Crippen MR) is 86.7 cm³/mol. The van der Waals surface area contributed by atoms with Crippen LogP contribution < -0.4 is 0 Å². The molecule has 0 aliphatic carbocycles. The second-order valence-corrected chi connectivity index (χ2v) is 5.64. The van der Waals surface area contributed by atoms with E-state index in [0.717, 1.165) is 39.4 Å². The summed E-state index contributed by atoms with van der Waals surface area (Å²) in [6.07, 6.45) is 0. The van der Waals surface area contributed by atoms with E-state index in [1.54, 1.807) is 0 Å². The molecule has 0 bridgehead atoms. The Bertz CT molecular complexity index is 703. The molecule has 0 amide bonds. The zero-order valence-corrected chi connectivity index (χ0v) is 12.2. The number of rotatable bonds is 3. The molecular formula is C18H20N2O. The number of morpholine rings is 1. The number of hydrogen-bond acceptors (Lipinski definition) is 2. The fraction of sp³-hybridized carbons (Fsp3) is 0.333. The quantitative estimate of drug-likeness (QED) is 0.733. The minimum absolute atomic E-state index is 0.868. The lowest BCUT2D eigenvalue weighted by molar-refractivity contribution is 0.0366. The number of aromatic nitrogens is 1. The van der Waals surface area contributed by atoms with E-state index in [9.17, 15) is 0 Å². The van der Waals surface area contributed by atoms with Gasteiger partial charge in [0.1, 0.15) is 0 Å². The van der Waals surface area contributed by atoms with E-state index in [-0.39, 0.29) is 0 Å². The Morgan fingerprint density at radius 1 is 0.762 bits per heavy atom. The Balaban J connectivity index is 1.71. The first-order valence-electron chi connectivity index (χ1n) is 7.69. The molecular weight excluding hydrogens is 260 g/mol. The second-order valence-electron chi connectivity index (χ2n) is 5.64. The predicted octanol–water partition coefficient (Wildman–Crippen LogP) is 3.13. The highest BCUT2D eigenvalue weighted by molar-refractivity contribution is 6.07. The van der Waals surface area contributed by atoms with Gasteiger partial charge in [0.05, 0.1) is 13.2 Å². The van der Waals surface area contributed by atoms with Gasteiger partial charge in [-0.1, -0.05) is 36.4 Å². The summed E-state index contributed by atoms with van der Waals surface area (Å²) >= 11 is 0. The molecule has 0 N–H and O–H groups in total. The van der Waals surface area contributed by atoms with Gasteiger partial charge in [-0.25, -0.2) is 0 Å². The van der Waals surface area contributed by atoms with Crippen LogP contribution in [0, 0.1) is 0 Å². The van der Waals surface area contributed by atoms with Crippen LogP contribution in [0.1, 0.15) is 0 Å². The van der Waals surface area contributed by atoms with Crippen LogP contribution in [0.25, 0.3) is 21.8 Å². The third-order valence-electron chi connectivity index (χ3n) is 4.42. The van der Waals surface area contributed by atoms with Crippen LogP contribution in [0.4, 0.5) is 0 Å². The van der Waals surface area contributed by atoms with Crippen molar-refractivity contribution in [2.24, 2.45) is 0 Å². The zero-order valence-electron chi connectivity index (χ0n) is 12.2. The molecule has 4 rings (SSSR count). The summed E-state index contributed by atoms with van der Waals surface area (Å²) in [7, 11) is 0. The van der Waals surface area contributed by atoms with Crippen LogP contribution in [-0.4, -0.2) is 42.3 Å². The summed E-state index contributed by atoms with van der Waals surface area (Å²) in [5.41, 5.74) is 2.68. The van der Waals surface area contributed by atoms with Gasteiger partial charge in [-0.2, -0.15) is 0 Å². The molecule has 1 aliphatic rings. The van der Waals surface area contributed by atoms with Crippen LogP contribution in [0.3, 0.4) is 0 Å². The number of fused-ring (bicyclic) bond motifs is 3. The van der Waals surface area contributed by atoms with Crippen molar-refractivity contribution < 1.29 is 4.74 Å². The molecule has 2 aromatic carbocycles. The Hall–Kier alpha value is -1.84. The molecule has 21 heavy (non-hydrogen) atoms. The highest BCUT2D eigenvalue weighted by Crippen LogP contribution is 2.28. The molecule has 0 radical (unpaired) electrons. The van der Waals surface area contributed by atoms with Crippen LogP contribution in [0.15, 0.2) is 48.5 Å². The first kappa shape index (κ1) is 12.9. The maximum absolute atomic E-state index is 5.43. The third-order valence-corrected chi connectivity index (χ3v) is 4.42. The molecule has 1 fully saturated rings. The number of nitrogens with zero attached hydrogens (tertiary/aromatic N) is 2. The summed E-state index contributed by atoms with van der Waals surface area (Å²) < 4.78 is 7.89. The summed E-state index contributed by atoms with van der Waals surface area (Å²) in [4.78, 5) is 2.49. The maximum atomic E-state index is 5.43. The van der Waals surface area contributed by atoms with Crippen molar-refractivity contribution in [3.63, 3.8) is 0 Å². The number of ether oxygens (including phenoxy) is 1. The lowest BCUT2D eigenvalue weighted by Gasteiger charge is -2.26. The number of benzene rings is 2. The van der Waals surface area contributed by atoms with Gasteiger partial charge >= 0.3 is 0 Å². The average molecular weight is 280 g/mol. The first-order valence-corrected chi connectivity index (χ1v) is 7.69. The molecule has 1 aromatic heterocycles. The van der Waals surface area contributed by atoms with Gasteiger partial charge in [0.25, 0.3) is 0 Å². The van der Waals surface area contributed by atoms with Gasteiger partial charge in [-0.3, -0.25) is 4.90 Å². The molecule has 1 aliphatic heterocycles. The maximum Gasteiger partial charge on any atom is 0.0594 e. The SMILES string of the molecule is c1ccc2c(c1)c1ccccc1n2CCN1CCOCC1. The van der Waals surface area contributed by atoms with Gasteiger partial charge in [0.15, 0.2) is 0 Å². The van der Waals surface area contributed by atoms with Gasteiger partial charge in [0, 0.05) is 48.0 Å². The lowest BCUT2D eigenvalue weighted by Crippen LogP contribution is -2.38. The van der Waals surface area contributed by atoms with E-state index in [4.69, 9.17) is 4.74 Å². The van der Waals surface area contributed by atoms with Gasteiger partial charge in [-0.05, 0) is 12.1 Å². The average Bonchev–Trinajstić information content (AvgIpc) is 2.88. The summed E-state index contributed by atoms with van der Waals surface area (Å²) in [5, 5.41) is 2.71. The van der Waals surface area contributed by atoms with E-state index >= 15 is 0 Å². The molecule has 0 saturated carbocycles. The molecule has 1 saturated heterocycles. The molecule has 0 unspecified atom stereocenters. The lowest BCUT2D eigenvalue weighted by atomic mass is 10.2. The molecule has 108 valence electrons. The third kappa shape index (κ3) is 2.33. The Morgan fingerprint density at radius 2 is 1.33 bits per heavy atom. The van der Waals surface area contributed by atoms with E-state index < -0.39 is 0 Å². The monoisotopic (exact) mass is 280 g/mol. The normalized spacial score (nSPS) is 16.8. The van der Waals surface area contributed by atoms with Crippen molar-refractivity contribution >= 4 is 21.8 Å². The Labute approximate surface area is 124 Å². The highest BCUT2D eigenvalue weighted by atomic mass is 16.5. The largest absolute Gasteiger partial charge is 0.379 e. The smallest absolute Gasteiger partial charge is 0.0594 e. The summed E-state index contributed by atoms with van der Waals surface area (Å²) in [6, 6.07) is 17.4. The fourth-order valence-electron chi connectivity index (χ4n) is 3.31. The molecule has 0 spiro atoms. The van der Waals surface area contributed by atoms with E-state index in [1.807, 2.05) is 0 Å². The van der Waals surface area contributed by atoms with Crippen LogP contribution >= 0.6 is 0 Å². The molecule has 3 heteroatoms. The first-order chi connectivity index (χ1) is 10.4. The standard InChI is InChI=1S/C18H20N2O/c1-3-7-17-15(5-1)16-6-2-4-8-18(16)20(17)10-9-19-11-13-21-14-12-19/h1-8H,9-14H2. The van der Waals surface area contributed by atoms with Gasteiger partial charge in [-0.15, -0.1) is 0 Å². The molecule has 3 nitrogen and oxygen atoms in total. The van der Waals surface area contributed by atoms with Crippen molar-refractivity contribution in [3.05, 3.63) is 48.5 Å². The highest BCUT2D eigenvalue weighted by Gasteiger charge is 2.13. The summed E-state index contributed by atoms with van der Waals surface area (Å²) in [6.45, 7) is 5.97. The minimum Gasteiger partial charge on any atom is -0.379 e. The van der Waals surface area contributed by atoms with Crippen LogP contribution in [-0.2, 0) is 11.3 Å². The zero-order chi connectivity index (χ0) is 14.1. The van der Waals surface area contributed by atoms with E-state index in [2.05, 4.69) is 58.0 Å². The second kappa shape index (κ2) is 5.51. The van der Waals surface area contributed by atoms with Crippen LogP contribution in [0.2, 0.25) is 0 Å². The molecule has 0 atom stereocenters. The Morgan fingerprint density at radius 3 is 1.95 bits per heavy atom.